The lowest BCUT2D eigenvalue weighted by molar-refractivity contribution is 0.0295. The first-order valence-electron chi connectivity index (χ1n) is 7.47. The maximum atomic E-state index is 15.1. The van der Waals surface area contributed by atoms with E-state index in [4.69, 9.17) is 0 Å². The van der Waals surface area contributed by atoms with E-state index in [2.05, 4.69) is 0 Å². The zero-order chi connectivity index (χ0) is 15.8. The Morgan fingerprint density at radius 2 is 2.00 bits per heavy atom. The second-order valence-corrected chi connectivity index (χ2v) is 7.35. The number of hydrogen-bond acceptors (Lipinski definition) is 2. The van der Waals surface area contributed by atoms with Crippen molar-refractivity contribution in [3.8, 4) is 0 Å². The van der Waals surface area contributed by atoms with Crippen molar-refractivity contribution in [3.05, 3.63) is 35.1 Å². The highest BCUT2D eigenvalue weighted by Gasteiger charge is 2.41. The van der Waals surface area contributed by atoms with E-state index in [1.54, 1.807) is 13.0 Å². The second-order valence-electron chi connectivity index (χ2n) is 7.35. The molecule has 2 atom stereocenters. The molecule has 1 aromatic rings. The topological polar surface area (TPSA) is 23.5 Å². The lowest BCUT2D eigenvalue weighted by atomic mass is 9.89. The summed E-state index contributed by atoms with van der Waals surface area (Å²) in [7, 11) is 0. The van der Waals surface area contributed by atoms with Gasteiger partial charge in [-0.05, 0) is 42.0 Å². The Kier molecular flexibility index (Phi) is 4.41. The fourth-order valence-electron chi connectivity index (χ4n) is 2.75. The minimum atomic E-state index is -1.52. The summed E-state index contributed by atoms with van der Waals surface area (Å²) in [6.07, 6.45) is -0.165. The summed E-state index contributed by atoms with van der Waals surface area (Å²) >= 11 is 0. The number of likely N-dealkylation sites (tertiary alicyclic amines) is 1. The quantitative estimate of drug-likeness (QED) is 0.924. The minimum Gasteiger partial charge on any atom is -0.391 e. The van der Waals surface area contributed by atoms with Gasteiger partial charge in [0, 0.05) is 19.6 Å². The Hall–Kier alpha value is -1.00. The van der Waals surface area contributed by atoms with Crippen LogP contribution in [-0.4, -0.2) is 35.7 Å². The van der Waals surface area contributed by atoms with Crippen molar-refractivity contribution >= 4 is 0 Å². The summed E-state index contributed by atoms with van der Waals surface area (Å²) in [6.45, 7) is 8.91. The van der Waals surface area contributed by atoms with Crippen molar-refractivity contribution in [2.45, 2.75) is 45.9 Å². The summed E-state index contributed by atoms with van der Waals surface area (Å²) in [5, 5.41) is 10.2. The Balaban J connectivity index is 2.10. The van der Waals surface area contributed by atoms with Crippen LogP contribution in [-0.2, 0) is 5.67 Å². The third kappa shape index (κ3) is 3.80. The lowest BCUT2D eigenvalue weighted by Gasteiger charge is -2.30. The summed E-state index contributed by atoms with van der Waals surface area (Å²) in [6, 6.07) is 4.41. The predicted octanol–water partition coefficient (Wildman–Crippen LogP) is 3.41. The molecule has 2 nitrogen and oxygen atoms in total. The highest BCUT2D eigenvalue weighted by Crippen LogP contribution is 2.37. The van der Waals surface area contributed by atoms with Crippen molar-refractivity contribution in [2.24, 2.45) is 5.41 Å². The molecule has 0 bridgehead atoms. The smallest absolute Gasteiger partial charge is 0.149 e. The van der Waals surface area contributed by atoms with Gasteiger partial charge in [0.1, 0.15) is 11.5 Å². The number of β-amino-alcohol motifs (C(OH)–C–C–N with tert-alkyl or cyclic N) is 1. The van der Waals surface area contributed by atoms with Crippen molar-refractivity contribution in [2.75, 3.05) is 19.6 Å². The number of benzene rings is 1. The maximum Gasteiger partial charge on any atom is 0.149 e. The summed E-state index contributed by atoms with van der Waals surface area (Å²) in [5.41, 5.74) is -0.607. The third-order valence-electron chi connectivity index (χ3n) is 4.29. The van der Waals surface area contributed by atoms with Gasteiger partial charge in [0.15, 0.2) is 0 Å². The number of rotatable bonds is 3. The summed E-state index contributed by atoms with van der Waals surface area (Å²) < 4.78 is 28.6. The summed E-state index contributed by atoms with van der Waals surface area (Å²) in [4.78, 5) is 1.93. The monoisotopic (exact) mass is 297 g/mol. The van der Waals surface area contributed by atoms with Crippen LogP contribution in [0.3, 0.4) is 0 Å². The fourth-order valence-corrected chi connectivity index (χ4v) is 2.75. The Morgan fingerprint density at radius 1 is 1.33 bits per heavy atom. The van der Waals surface area contributed by atoms with Gasteiger partial charge >= 0.3 is 0 Å². The van der Waals surface area contributed by atoms with Crippen LogP contribution in [0.15, 0.2) is 18.2 Å². The average molecular weight is 297 g/mol. The molecule has 1 fully saturated rings. The Bertz CT molecular complexity index is 492. The van der Waals surface area contributed by atoms with Crippen LogP contribution in [0.25, 0.3) is 0 Å². The molecule has 0 saturated carbocycles. The van der Waals surface area contributed by atoms with Gasteiger partial charge in [0.05, 0.1) is 6.10 Å². The molecular formula is C17H25F2NO. The molecule has 118 valence electrons. The highest BCUT2D eigenvalue weighted by atomic mass is 19.1. The molecule has 2 unspecified atom stereocenters. The van der Waals surface area contributed by atoms with E-state index >= 15 is 4.39 Å². The molecule has 0 spiro atoms. The maximum absolute atomic E-state index is 15.1. The molecule has 1 aliphatic rings. The van der Waals surface area contributed by atoms with Crippen molar-refractivity contribution < 1.29 is 13.9 Å². The number of hydrogen-bond donors (Lipinski definition) is 1. The van der Waals surface area contributed by atoms with Crippen molar-refractivity contribution in [1.29, 1.82) is 0 Å². The molecule has 1 aromatic carbocycles. The first-order valence-corrected chi connectivity index (χ1v) is 7.47. The molecule has 0 amide bonds. The Morgan fingerprint density at radius 3 is 2.57 bits per heavy atom. The molecule has 0 aliphatic carbocycles. The molecule has 1 aliphatic heterocycles. The highest BCUT2D eigenvalue weighted by molar-refractivity contribution is 5.30. The van der Waals surface area contributed by atoms with Crippen LogP contribution in [0.1, 0.15) is 38.3 Å². The first kappa shape index (κ1) is 16.4. The molecule has 4 heteroatoms. The van der Waals surface area contributed by atoms with Crippen LogP contribution in [0.4, 0.5) is 8.78 Å². The van der Waals surface area contributed by atoms with E-state index in [1.165, 1.54) is 12.1 Å². The van der Waals surface area contributed by atoms with Gasteiger partial charge in [-0.25, -0.2) is 8.78 Å². The van der Waals surface area contributed by atoms with Crippen LogP contribution in [0.5, 0.6) is 0 Å². The van der Waals surface area contributed by atoms with E-state index in [-0.39, 0.29) is 12.0 Å². The Labute approximate surface area is 125 Å². The van der Waals surface area contributed by atoms with Gasteiger partial charge in [-0.1, -0.05) is 26.8 Å². The van der Waals surface area contributed by atoms with Gasteiger partial charge in [-0.15, -0.1) is 0 Å². The molecular weight excluding hydrogens is 272 g/mol. The zero-order valence-corrected chi connectivity index (χ0v) is 13.3. The van der Waals surface area contributed by atoms with Crippen molar-refractivity contribution in [3.63, 3.8) is 0 Å². The van der Waals surface area contributed by atoms with E-state index in [9.17, 15) is 9.50 Å². The minimum absolute atomic E-state index is 0.211. The number of aliphatic hydroxyl groups excluding tert-OH is 1. The first-order chi connectivity index (χ1) is 9.60. The molecule has 0 radical (unpaired) electrons. The van der Waals surface area contributed by atoms with Gasteiger partial charge in [0.25, 0.3) is 0 Å². The largest absolute Gasteiger partial charge is 0.391 e. The van der Waals surface area contributed by atoms with Crippen LogP contribution in [0.2, 0.25) is 0 Å². The van der Waals surface area contributed by atoms with Crippen LogP contribution < -0.4 is 0 Å². The standard InChI is InChI=1S/C17H25F2NO/c1-12-7-13(9-14(18)8-12)17(19)5-6-20(11-17)10-15(21)16(2,3)4/h7-9,15,21H,5-6,10-11H2,1-4H3. The molecule has 1 heterocycles. The van der Waals surface area contributed by atoms with E-state index in [0.717, 1.165) is 5.56 Å². The van der Waals surface area contributed by atoms with Gasteiger partial charge in [-0.2, -0.15) is 0 Å². The van der Waals surface area contributed by atoms with Gasteiger partial charge < -0.3 is 5.11 Å². The summed E-state index contributed by atoms with van der Waals surface area (Å²) in [5.74, 6) is -0.393. The van der Waals surface area contributed by atoms with E-state index in [1.807, 2.05) is 25.7 Å². The number of aliphatic hydroxyl groups is 1. The number of halogens is 2. The molecule has 0 aromatic heterocycles. The number of aryl methyl sites for hydroxylation is 1. The lowest BCUT2D eigenvalue weighted by Crippen LogP contribution is -2.39. The van der Waals surface area contributed by atoms with E-state index in [0.29, 0.717) is 25.1 Å². The molecule has 2 rings (SSSR count). The van der Waals surface area contributed by atoms with Crippen molar-refractivity contribution in [1.82, 2.24) is 4.90 Å². The SMILES string of the molecule is Cc1cc(F)cc(C2(F)CCN(CC(O)C(C)(C)C)C2)c1. The second kappa shape index (κ2) is 5.65. The average Bonchev–Trinajstić information content (AvgIpc) is 2.70. The zero-order valence-electron chi connectivity index (χ0n) is 13.3. The van der Waals surface area contributed by atoms with Gasteiger partial charge in [-0.3, -0.25) is 4.90 Å². The fraction of sp³-hybridized carbons (Fsp3) is 0.647. The third-order valence-corrected chi connectivity index (χ3v) is 4.29. The number of alkyl halides is 1. The predicted molar refractivity (Wildman–Crippen MR) is 80.4 cm³/mol. The number of nitrogens with zero attached hydrogens (tertiary/aromatic N) is 1. The molecule has 1 N–H and O–H groups in total. The molecule has 21 heavy (non-hydrogen) atoms. The normalized spacial score (nSPS) is 25.3. The van der Waals surface area contributed by atoms with Gasteiger partial charge in [0.2, 0.25) is 0 Å². The van der Waals surface area contributed by atoms with Crippen LogP contribution in [0, 0.1) is 18.2 Å². The van der Waals surface area contributed by atoms with Crippen LogP contribution >= 0.6 is 0 Å². The molecule has 1 saturated heterocycles. The van der Waals surface area contributed by atoms with E-state index < -0.39 is 17.6 Å².